The summed E-state index contributed by atoms with van der Waals surface area (Å²) >= 11 is 0. The molecule has 1 rings (SSSR count). The normalized spacial score (nSPS) is 9.75. The highest BCUT2D eigenvalue weighted by Crippen LogP contribution is 2.12. The number of hydrogen-bond donors (Lipinski definition) is 1. The van der Waals surface area contributed by atoms with Crippen LogP contribution in [0.5, 0.6) is 5.75 Å². The zero-order valence-corrected chi connectivity index (χ0v) is 9.70. The standard InChI is InChI=1S/C13H18N2O/c1-2-10-16-13-6-4-12(5-7-13)11-15-9-3-8-14/h4-7,15H,2-3,9-11H2,1H3. The van der Waals surface area contributed by atoms with Crippen molar-refractivity contribution in [2.24, 2.45) is 0 Å². The second-order valence-electron chi connectivity index (χ2n) is 3.58. The lowest BCUT2D eigenvalue weighted by molar-refractivity contribution is 0.317. The van der Waals surface area contributed by atoms with E-state index in [1.54, 1.807) is 0 Å². The van der Waals surface area contributed by atoms with Gasteiger partial charge in [-0.2, -0.15) is 5.26 Å². The van der Waals surface area contributed by atoms with Crippen LogP contribution in [-0.4, -0.2) is 13.2 Å². The summed E-state index contributed by atoms with van der Waals surface area (Å²) in [5.74, 6) is 0.919. The zero-order valence-electron chi connectivity index (χ0n) is 9.70. The molecule has 0 aromatic heterocycles. The van der Waals surface area contributed by atoms with Gasteiger partial charge < -0.3 is 10.1 Å². The minimum atomic E-state index is 0.553. The molecule has 0 aliphatic rings. The first-order valence-electron chi connectivity index (χ1n) is 5.66. The highest BCUT2D eigenvalue weighted by atomic mass is 16.5. The van der Waals surface area contributed by atoms with E-state index < -0.39 is 0 Å². The number of nitrogens with zero attached hydrogens (tertiary/aromatic N) is 1. The van der Waals surface area contributed by atoms with Crippen molar-refractivity contribution in [1.29, 1.82) is 5.26 Å². The highest BCUT2D eigenvalue weighted by Gasteiger charge is 1.95. The summed E-state index contributed by atoms with van der Waals surface area (Å²) in [5, 5.41) is 11.6. The Bertz CT molecular complexity index is 327. The molecule has 1 N–H and O–H groups in total. The average molecular weight is 218 g/mol. The predicted octanol–water partition coefficient (Wildman–Crippen LogP) is 2.48. The number of nitriles is 1. The second kappa shape index (κ2) is 7.72. The van der Waals surface area contributed by atoms with E-state index in [4.69, 9.17) is 10.00 Å². The third-order valence-corrected chi connectivity index (χ3v) is 2.14. The van der Waals surface area contributed by atoms with Crippen molar-refractivity contribution in [3.05, 3.63) is 29.8 Å². The van der Waals surface area contributed by atoms with Gasteiger partial charge in [0.15, 0.2) is 0 Å². The molecule has 0 atom stereocenters. The molecule has 0 unspecified atom stereocenters. The summed E-state index contributed by atoms with van der Waals surface area (Å²) in [5.41, 5.74) is 1.21. The summed E-state index contributed by atoms with van der Waals surface area (Å²) in [6.45, 7) is 4.40. The van der Waals surface area contributed by atoms with E-state index in [9.17, 15) is 0 Å². The maximum Gasteiger partial charge on any atom is 0.119 e. The lowest BCUT2D eigenvalue weighted by atomic mass is 10.2. The van der Waals surface area contributed by atoms with E-state index in [-0.39, 0.29) is 0 Å². The molecule has 1 aromatic carbocycles. The fourth-order valence-electron chi connectivity index (χ4n) is 1.30. The molecule has 16 heavy (non-hydrogen) atoms. The maximum absolute atomic E-state index is 8.38. The molecule has 0 saturated heterocycles. The van der Waals surface area contributed by atoms with E-state index in [0.717, 1.165) is 31.9 Å². The molecule has 0 saturated carbocycles. The lowest BCUT2D eigenvalue weighted by Crippen LogP contribution is -2.13. The van der Waals surface area contributed by atoms with Crippen LogP contribution in [0.15, 0.2) is 24.3 Å². The third-order valence-electron chi connectivity index (χ3n) is 2.14. The Labute approximate surface area is 97.0 Å². The number of ether oxygens (including phenoxy) is 1. The molecular weight excluding hydrogens is 200 g/mol. The van der Waals surface area contributed by atoms with E-state index in [1.807, 2.05) is 24.3 Å². The molecule has 1 aromatic rings. The van der Waals surface area contributed by atoms with E-state index in [2.05, 4.69) is 18.3 Å². The number of nitrogens with one attached hydrogen (secondary N) is 1. The van der Waals surface area contributed by atoms with Crippen LogP contribution < -0.4 is 10.1 Å². The van der Waals surface area contributed by atoms with E-state index in [0.29, 0.717) is 6.42 Å². The first kappa shape index (κ1) is 12.5. The van der Waals surface area contributed by atoms with Crippen molar-refractivity contribution in [2.45, 2.75) is 26.3 Å². The van der Waals surface area contributed by atoms with Crippen LogP contribution in [0.1, 0.15) is 25.3 Å². The molecule has 3 nitrogen and oxygen atoms in total. The van der Waals surface area contributed by atoms with Crippen LogP contribution in [0.25, 0.3) is 0 Å². The summed E-state index contributed by atoms with van der Waals surface area (Å²) in [6.07, 6.45) is 1.58. The molecule has 0 heterocycles. The lowest BCUT2D eigenvalue weighted by Gasteiger charge is -2.06. The SMILES string of the molecule is CCCOc1ccc(CNCCC#N)cc1. The molecule has 0 aliphatic heterocycles. The van der Waals surface area contributed by atoms with Gasteiger partial charge in [-0.3, -0.25) is 0 Å². The minimum Gasteiger partial charge on any atom is -0.494 e. The van der Waals surface area contributed by atoms with Gasteiger partial charge in [-0.1, -0.05) is 19.1 Å². The van der Waals surface area contributed by atoms with Gasteiger partial charge in [0.1, 0.15) is 5.75 Å². The average Bonchev–Trinajstić information content (AvgIpc) is 2.33. The molecule has 3 heteroatoms. The van der Waals surface area contributed by atoms with Crippen molar-refractivity contribution < 1.29 is 4.74 Å². The van der Waals surface area contributed by atoms with Crippen molar-refractivity contribution in [3.63, 3.8) is 0 Å². The van der Waals surface area contributed by atoms with Gasteiger partial charge in [-0.05, 0) is 24.1 Å². The van der Waals surface area contributed by atoms with Crippen LogP contribution in [0.3, 0.4) is 0 Å². The van der Waals surface area contributed by atoms with E-state index in [1.165, 1.54) is 5.56 Å². The summed E-state index contributed by atoms with van der Waals surface area (Å²) < 4.78 is 5.49. The molecule has 0 amide bonds. The topological polar surface area (TPSA) is 45.0 Å². The molecular formula is C13H18N2O. The Hall–Kier alpha value is -1.53. The Balaban J connectivity index is 2.31. The molecule has 0 spiro atoms. The Morgan fingerprint density at radius 1 is 1.31 bits per heavy atom. The number of rotatable bonds is 7. The minimum absolute atomic E-state index is 0.553. The highest BCUT2D eigenvalue weighted by molar-refractivity contribution is 5.27. The Morgan fingerprint density at radius 2 is 2.06 bits per heavy atom. The summed E-state index contributed by atoms with van der Waals surface area (Å²) in [7, 11) is 0. The quantitative estimate of drug-likeness (QED) is 0.715. The van der Waals surface area contributed by atoms with Gasteiger partial charge in [0.25, 0.3) is 0 Å². The molecule has 0 bridgehead atoms. The predicted molar refractivity (Wildman–Crippen MR) is 64.2 cm³/mol. The smallest absolute Gasteiger partial charge is 0.119 e. The van der Waals surface area contributed by atoms with Crippen molar-refractivity contribution in [1.82, 2.24) is 5.32 Å². The first-order valence-corrected chi connectivity index (χ1v) is 5.66. The summed E-state index contributed by atoms with van der Waals surface area (Å²) in [6, 6.07) is 10.2. The summed E-state index contributed by atoms with van der Waals surface area (Å²) in [4.78, 5) is 0. The Morgan fingerprint density at radius 3 is 2.69 bits per heavy atom. The van der Waals surface area contributed by atoms with Gasteiger partial charge >= 0.3 is 0 Å². The first-order chi connectivity index (χ1) is 7.86. The zero-order chi connectivity index (χ0) is 11.6. The van der Waals surface area contributed by atoms with Crippen LogP contribution in [-0.2, 0) is 6.54 Å². The maximum atomic E-state index is 8.38. The van der Waals surface area contributed by atoms with Gasteiger partial charge in [0, 0.05) is 19.5 Å². The van der Waals surface area contributed by atoms with Gasteiger partial charge in [0.2, 0.25) is 0 Å². The largest absolute Gasteiger partial charge is 0.494 e. The fourth-order valence-corrected chi connectivity index (χ4v) is 1.30. The monoisotopic (exact) mass is 218 g/mol. The molecule has 0 aliphatic carbocycles. The molecule has 0 radical (unpaired) electrons. The second-order valence-corrected chi connectivity index (χ2v) is 3.58. The van der Waals surface area contributed by atoms with Crippen molar-refractivity contribution in [2.75, 3.05) is 13.2 Å². The van der Waals surface area contributed by atoms with E-state index >= 15 is 0 Å². The number of hydrogen-bond acceptors (Lipinski definition) is 3. The van der Waals surface area contributed by atoms with Crippen molar-refractivity contribution >= 4 is 0 Å². The van der Waals surface area contributed by atoms with Gasteiger partial charge in [0.05, 0.1) is 12.7 Å². The third kappa shape index (κ3) is 4.81. The van der Waals surface area contributed by atoms with Crippen LogP contribution in [0.2, 0.25) is 0 Å². The van der Waals surface area contributed by atoms with Crippen LogP contribution in [0, 0.1) is 11.3 Å². The van der Waals surface area contributed by atoms with Gasteiger partial charge in [-0.15, -0.1) is 0 Å². The van der Waals surface area contributed by atoms with Crippen molar-refractivity contribution in [3.8, 4) is 11.8 Å². The fraction of sp³-hybridized carbons (Fsp3) is 0.462. The molecule has 0 fully saturated rings. The van der Waals surface area contributed by atoms with Crippen LogP contribution in [0.4, 0.5) is 0 Å². The van der Waals surface area contributed by atoms with Crippen LogP contribution >= 0.6 is 0 Å². The Kier molecular flexibility index (Phi) is 6.05. The number of benzene rings is 1. The van der Waals surface area contributed by atoms with Gasteiger partial charge in [-0.25, -0.2) is 0 Å². The molecule has 86 valence electrons.